The molecule has 3 rings (SSSR count). The summed E-state index contributed by atoms with van der Waals surface area (Å²) in [7, 11) is 0. The van der Waals surface area contributed by atoms with Gasteiger partial charge in [0.2, 0.25) is 0 Å². The third kappa shape index (κ3) is 3.31. The fourth-order valence-corrected chi connectivity index (χ4v) is 2.14. The first-order valence-electron chi connectivity index (χ1n) is 7.28. The van der Waals surface area contributed by atoms with Crippen LogP contribution in [0.5, 0.6) is 0 Å². The second kappa shape index (κ2) is 5.97. The number of amides is 2. The molecule has 0 bridgehead atoms. The minimum absolute atomic E-state index is 0.156. The normalized spacial score (nSPS) is 14.7. The van der Waals surface area contributed by atoms with Crippen LogP contribution in [-0.2, 0) is 9.59 Å². The first-order chi connectivity index (χ1) is 10.6. The molecule has 0 unspecified atom stereocenters. The van der Waals surface area contributed by atoms with Gasteiger partial charge in [-0.3, -0.25) is 9.59 Å². The van der Waals surface area contributed by atoms with Crippen LogP contribution in [0, 0.1) is 0 Å². The molecule has 0 heterocycles. The third-order valence-electron chi connectivity index (χ3n) is 3.61. The summed E-state index contributed by atoms with van der Waals surface area (Å²) < 4.78 is 0. The molecule has 22 heavy (non-hydrogen) atoms. The molecule has 0 aliphatic heterocycles. The zero-order chi connectivity index (χ0) is 15.5. The van der Waals surface area contributed by atoms with Crippen molar-refractivity contribution in [1.82, 2.24) is 10.7 Å². The molecule has 5 heteroatoms. The van der Waals surface area contributed by atoms with E-state index in [0.717, 1.165) is 29.2 Å². The average molecular weight is 295 g/mol. The van der Waals surface area contributed by atoms with Gasteiger partial charge < -0.3 is 5.32 Å². The van der Waals surface area contributed by atoms with Gasteiger partial charge in [-0.15, -0.1) is 0 Å². The molecule has 0 atom stereocenters. The van der Waals surface area contributed by atoms with Crippen molar-refractivity contribution in [2.45, 2.75) is 25.8 Å². The highest BCUT2D eigenvalue weighted by molar-refractivity contribution is 6.35. The largest absolute Gasteiger partial charge is 0.345 e. The smallest absolute Gasteiger partial charge is 0.329 e. The molecule has 0 radical (unpaired) electrons. The van der Waals surface area contributed by atoms with Gasteiger partial charge in [-0.05, 0) is 42.2 Å². The van der Waals surface area contributed by atoms with E-state index >= 15 is 0 Å². The fraction of sp³-hybridized carbons (Fsp3) is 0.235. The molecule has 2 N–H and O–H groups in total. The van der Waals surface area contributed by atoms with Crippen LogP contribution < -0.4 is 10.7 Å². The van der Waals surface area contributed by atoms with Crippen LogP contribution in [0.4, 0.5) is 0 Å². The molecule has 1 saturated carbocycles. The van der Waals surface area contributed by atoms with Gasteiger partial charge in [-0.25, -0.2) is 5.43 Å². The maximum Gasteiger partial charge on any atom is 0.329 e. The van der Waals surface area contributed by atoms with Crippen LogP contribution in [-0.4, -0.2) is 23.6 Å². The number of carbonyl (C=O) groups is 2. The lowest BCUT2D eigenvalue weighted by molar-refractivity contribution is -0.139. The summed E-state index contributed by atoms with van der Waals surface area (Å²) in [6.45, 7) is 1.79. The summed E-state index contributed by atoms with van der Waals surface area (Å²) in [6.07, 6.45) is 1.89. The molecule has 112 valence electrons. The highest BCUT2D eigenvalue weighted by Gasteiger charge is 2.26. The Morgan fingerprint density at radius 1 is 1.05 bits per heavy atom. The third-order valence-corrected chi connectivity index (χ3v) is 3.61. The zero-order valence-corrected chi connectivity index (χ0v) is 12.3. The van der Waals surface area contributed by atoms with Crippen LogP contribution in [0.3, 0.4) is 0 Å². The minimum Gasteiger partial charge on any atom is -0.345 e. The van der Waals surface area contributed by atoms with Crippen LogP contribution in [0.25, 0.3) is 10.8 Å². The summed E-state index contributed by atoms with van der Waals surface area (Å²) in [5.41, 5.74) is 3.85. The lowest BCUT2D eigenvalue weighted by Crippen LogP contribution is -2.39. The average Bonchev–Trinajstić information content (AvgIpc) is 3.35. The number of rotatable bonds is 3. The number of hydrazone groups is 1. The van der Waals surface area contributed by atoms with E-state index in [1.54, 1.807) is 6.92 Å². The van der Waals surface area contributed by atoms with Crippen LogP contribution in [0.15, 0.2) is 47.6 Å². The molecule has 1 aliphatic carbocycles. The Morgan fingerprint density at radius 2 is 1.77 bits per heavy atom. The Bertz CT molecular complexity index is 763. The van der Waals surface area contributed by atoms with E-state index in [4.69, 9.17) is 0 Å². The first kappa shape index (κ1) is 14.3. The van der Waals surface area contributed by atoms with Crippen molar-refractivity contribution in [2.24, 2.45) is 5.10 Å². The quantitative estimate of drug-likeness (QED) is 0.516. The monoisotopic (exact) mass is 295 g/mol. The van der Waals surface area contributed by atoms with Crippen LogP contribution in [0.2, 0.25) is 0 Å². The van der Waals surface area contributed by atoms with Gasteiger partial charge in [0.1, 0.15) is 0 Å². The van der Waals surface area contributed by atoms with Crippen molar-refractivity contribution in [3.63, 3.8) is 0 Å². The summed E-state index contributed by atoms with van der Waals surface area (Å²) in [4.78, 5) is 23.1. The molecule has 2 aromatic carbocycles. The number of nitrogens with one attached hydrogen (secondary N) is 2. The Morgan fingerprint density at radius 3 is 2.50 bits per heavy atom. The van der Waals surface area contributed by atoms with E-state index in [9.17, 15) is 9.59 Å². The SMILES string of the molecule is C/C(=N/NC(=O)C(=O)NC1CC1)c1ccc2ccccc2c1. The standard InChI is InChI=1S/C17H17N3O2/c1-11(19-20-17(22)16(21)18-15-8-9-15)13-7-6-12-4-2-3-5-14(12)10-13/h2-7,10,15H,8-9H2,1H3,(H,18,21)(H,20,22)/b19-11-. The van der Waals surface area contributed by atoms with Crippen molar-refractivity contribution < 1.29 is 9.59 Å². The van der Waals surface area contributed by atoms with E-state index in [1.807, 2.05) is 42.5 Å². The molecule has 1 aliphatic rings. The Labute approximate surface area is 128 Å². The van der Waals surface area contributed by atoms with Crippen molar-refractivity contribution in [3.8, 4) is 0 Å². The van der Waals surface area contributed by atoms with Crippen LogP contribution >= 0.6 is 0 Å². The predicted octanol–water partition coefficient (Wildman–Crippen LogP) is 1.96. The maximum atomic E-state index is 11.6. The number of fused-ring (bicyclic) bond motifs is 1. The molecule has 2 aromatic rings. The number of hydrogen-bond acceptors (Lipinski definition) is 3. The van der Waals surface area contributed by atoms with E-state index < -0.39 is 11.8 Å². The van der Waals surface area contributed by atoms with Gasteiger partial charge in [0.25, 0.3) is 0 Å². The summed E-state index contributed by atoms with van der Waals surface area (Å²) in [5, 5.41) is 8.88. The topological polar surface area (TPSA) is 70.6 Å². The summed E-state index contributed by atoms with van der Waals surface area (Å²) in [6, 6.07) is 14.1. The van der Waals surface area contributed by atoms with Crippen molar-refractivity contribution >= 4 is 28.3 Å². The lowest BCUT2D eigenvalue weighted by atomic mass is 10.0. The summed E-state index contributed by atoms with van der Waals surface area (Å²) >= 11 is 0. The van der Waals surface area contributed by atoms with E-state index in [0.29, 0.717) is 5.71 Å². The fourth-order valence-electron chi connectivity index (χ4n) is 2.14. The van der Waals surface area contributed by atoms with E-state index in [-0.39, 0.29) is 6.04 Å². The van der Waals surface area contributed by atoms with Gasteiger partial charge in [-0.2, -0.15) is 5.10 Å². The van der Waals surface area contributed by atoms with Gasteiger partial charge in [0.05, 0.1) is 5.71 Å². The highest BCUT2D eigenvalue weighted by atomic mass is 16.2. The molecular formula is C17H17N3O2. The number of hydrogen-bond donors (Lipinski definition) is 2. The van der Waals surface area contributed by atoms with E-state index in [1.165, 1.54) is 0 Å². The van der Waals surface area contributed by atoms with Crippen molar-refractivity contribution in [1.29, 1.82) is 0 Å². The number of benzene rings is 2. The number of nitrogens with zero attached hydrogens (tertiary/aromatic N) is 1. The molecule has 1 fully saturated rings. The number of carbonyl (C=O) groups excluding carboxylic acids is 2. The molecule has 0 spiro atoms. The Kier molecular flexibility index (Phi) is 3.87. The second-order valence-corrected chi connectivity index (χ2v) is 5.45. The second-order valence-electron chi connectivity index (χ2n) is 5.45. The molecule has 0 saturated heterocycles. The van der Waals surface area contributed by atoms with Gasteiger partial charge in [0.15, 0.2) is 0 Å². The molecule has 5 nitrogen and oxygen atoms in total. The molecular weight excluding hydrogens is 278 g/mol. The van der Waals surface area contributed by atoms with Gasteiger partial charge in [-0.1, -0.05) is 36.4 Å². The van der Waals surface area contributed by atoms with Crippen molar-refractivity contribution in [3.05, 3.63) is 48.0 Å². The first-order valence-corrected chi connectivity index (χ1v) is 7.28. The van der Waals surface area contributed by atoms with Crippen molar-refractivity contribution in [2.75, 3.05) is 0 Å². The zero-order valence-electron chi connectivity index (χ0n) is 12.3. The predicted molar refractivity (Wildman–Crippen MR) is 85.5 cm³/mol. The van der Waals surface area contributed by atoms with E-state index in [2.05, 4.69) is 15.8 Å². The Hall–Kier alpha value is -2.69. The molecule has 0 aromatic heterocycles. The molecule has 2 amide bonds. The van der Waals surface area contributed by atoms with Crippen LogP contribution in [0.1, 0.15) is 25.3 Å². The highest BCUT2D eigenvalue weighted by Crippen LogP contribution is 2.18. The maximum absolute atomic E-state index is 11.6. The Balaban J connectivity index is 1.69. The van der Waals surface area contributed by atoms with Gasteiger partial charge >= 0.3 is 11.8 Å². The summed E-state index contributed by atoms with van der Waals surface area (Å²) in [5.74, 6) is -1.36. The lowest BCUT2D eigenvalue weighted by Gasteiger charge is -2.05. The minimum atomic E-state index is -0.730. The van der Waals surface area contributed by atoms with Gasteiger partial charge in [0, 0.05) is 6.04 Å².